The van der Waals surface area contributed by atoms with Gasteiger partial charge in [0, 0.05) is 10.9 Å². The van der Waals surface area contributed by atoms with Gasteiger partial charge in [0.15, 0.2) is 0 Å². The Morgan fingerprint density at radius 2 is 2.11 bits per heavy atom. The fourth-order valence-corrected chi connectivity index (χ4v) is 1.92. The molecule has 100 valence electrons. The highest BCUT2D eigenvalue weighted by Crippen LogP contribution is 2.16. The largest absolute Gasteiger partial charge is 0.343 e. The average molecular weight is 323 g/mol. The molecule has 2 N–H and O–H groups in total. The van der Waals surface area contributed by atoms with Crippen molar-refractivity contribution in [3.8, 4) is 0 Å². The molecule has 0 aliphatic heterocycles. The van der Waals surface area contributed by atoms with E-state index in [-0.39, 0.29) is 17.8 Å². The smallest absolute Gasteiger partial charge is 0.291 e. The maximum Gasteiger partial charge on any atom is 0.291 e. The van der Waals surface area contributed by atoms with Gasteiger partial charge < -0.3 is 5.32 Å². The van der Waals surface area contributed by atoms with E-state index >= 15 is 0 Å². The lowest BCUT2D eigenvalue weighted by molar-refractivity contribution is 0.0929. The number of carbonyl (C=O) groups excluding carboxylic acids is 1. The number of halogens is 1. The number of aromatic nitrogens is 3. The van der Waals surface area contributed by atoms with Crippen LogP contribution in [0.4, 0.5) is 0 Å². The van der Waals surface area contributed by atoms with Gasteiger partial charge in [-0.05, 0) is 24.6 Å². The molecular formula is C13H15BrN4O. The summed E-state index contributed by atoms with van der Waals surface area (Å²) in [5.74, 6) is 0.619. The monoisotopic (exact) mass is 322 g/mol. The van der Waals surface area contributed by atoms with Gasteiger partial charge in [0.25, 0.3) is 5.91 Å². The van der Waals surface area contributed by atoms with Gasteiger partial charge in [0.2, 0.25) is 5.82 Å². The molecule has 0 radical (unpaired) electrons. The van der Waals surface area contributed by atoms with E-state index in [2.05, 4.69) is 36.4 Å². The molecule has 0 bridgehead atoms. The zero-order chi connectivity index (χ0) is 13.8. The van der Waals surface area contributed by atoms with Crippen molar-refractivity contribution in [3.63, 3.8) is 0 Å². The van der Waals surface area contributed by atoms with E-state index in [1.807, 2.05) is 38.1 Å². The van der Waals surface area contributed by atoms with Crippen LogP contribution in [0.1, 0.15) is 41.9 Å². The van der Waals surface area contributed by atoms with Crippen LogP contribution in [0.15, 0.2) is 28.7 Å². The normalized spacial score (nSPS) is 12.2. The quantitative estimate of drug-likeness (QED) is 0.909. The number of hydrogen-bond acceptors (Lipinski definition) is 3. The number of amides is 1. The SMILES string of the molecule is CCc1nc(C(=O)N[C@H](C)c2ccc(Br)cc2)n[nH]1. The van der Waals surface area contributed by atoms with E-state index in [4.69, 9.17) is 0 Å². The predicted molar refractivity (Wildman–Crippen MR) is 75.8 cm³/mol. The number of carbonyl (C=O) groups is 1. The van der Waals surface area contributed by atoms with Gasteiger partial charge in [-0.1, -0.05) is 35.0 Å². The second-order valence-electron chi connectivity index (χ2n) is 4.21. The van der Waals surface area contributed by atoms with Gasteiger partial charge in [-0.3, -0.25) is 9.89 Å². The second kappa shape index (κ2) is 5.97. The lowest BCUT2D eigenvalue weighted by Gasteiger charge is -2.12. The minimum absolute atomic E-state index is 0.0934. The molecule has 1 atom stereocenters. The first kappa shape index (κ1) is 13.7. The molecule has 19 heavy (non-hydrogen) atoms. The fraction of sp³-hybridized carbons (Fsp3) is 0.308. The highest BCUT2D eigenvalue weighted by atomic mass is 79.9. The number of hydrogen-bond donors (Lipinski definition) is 2. The van der Waals surface area contributed by atoms with Crippen molar-refractivity contribution in [2.45, 2.75) is 26.3 Å². The lowest BCUT2D eigenvalue weighted by atomic mass is 10.1. The molecular weight excluding hydrogens is 308 g/mol. The summed E-state index contributed by atoms with van der Waals surface area (Å²) in [7, 11) is 0. The van der Waals surface area contributed by atoms with Crippen molar-refractivity contribution in [1.29, 1.82) is 0 Å². The van der Waals surface area contributed by atoms with Crippen LogP contribution in [-0.2, 0) is 6.42 Å². The van der Waals surface area contributed by atoms with E-state index in [1.165, 1.54) is 0 Å². The third kappa shape index (κ3) is 3.41. The van der Waals surface area contributed by atoms with Crippen LogP contribution in [0.2, 0.25) is 0 Å². The Morgan fingerprint density at radius 1 is 1.42 bits per heavy atom. The lowest BCUT2D eigenvalue weighted by Crippen LogP contribution is -2.27. The van der Waals surface area contributed by atoms with E-state index in [0.717, 1.165) is 16.5 Å². The van der Waals surface area contributed by atoms with Gasteiger partial charge in [-0.2, -0.15) is 0 Å². The summed E-state index contributed by atoms with van der Waals surface area (Å²) < 4.78 is 1.01. The summed E-state index contributed by atoms with van der Waals surface area (Å²) in [6.07, 6.45) is 0.725. The Labute approximate surface area is 120 Å². The van der Waals surface area contributed by atoms with Crippen molar-refractivity contribution < 1.29 is 4.79 Å². The zero-order valence-electron chi connectivity index (χ0n) is 10.8. The Hall–Kier alpha value is -1.69. The number of benzene rings is 1. The van der Waals surface area contributed by atoms with Crippen LogP contribution >= 0.6 is 15.9 Å². The molecule has 5 nitrogen and oxygen atoms in total. The van der Waals surface area contributed by atoms with Crippen LogP contribution in [0.5, 0.6) is 0 Å². The number of aromatic amines is 1. The first-order valence-corrected chi connectivity index (χ1v) is 6.87. The van der Waals surface area contributed by atoms with Crippen LogP contribution in [-0.4, -0.2) is 21.1 Å². The summed E-state index contributed by atoms with van der Waals surface area (Å²) in [5, 5.41) is 9.49. The molecule has 0 fully saturated rings. The summed E-state index contributed by atoms with van der Waals surface area (Å²) in [5.41, 5.74) is 1.03. The molecule has 2 rings (SSSR count). The van der Waals surface area contributed by atoms with Gasteiger partial charge in [0.1, 0.15) is 5.82 Å². The van der Waals surface area contributed by atoms with E-state index in [1.54, 1.807) is 0 Å². The Kier molecular flexibility index (Phi) is 4.31. The average Bonchev–Trinajstić information content (AvgIpc) is 2.88. The van der Waals surface area contributed by atoms with Gasteiger partial charge in [-0.15, -0.1) is 5.10 Å². The van der Waals surface area contributed by atoms with E-state index < -0.39 is 0 Å². The highest BCUT2D eigenvalue weighted by molar-refractivity contribution is 9.10. The molecule has 0 spiro atoms. The molecule has 0 aliphatic carbocycles. The van der Waals surface area contributed by atoms with Crippen LogP contribution in [0.25, 0.3) is 0 Å². The molecule has 2 aromatic rings. The van der Waals surface area contributed by atoms with Crippen LogP contribution in [0.3, 0.4) is 0 Å². The van der Waals surface area contributed by atoms with Crippen LogP contribution in [0, 0.1) is 0 Å². The third-order valence-corrected chi connectivity index (χ3v) is 3.32. The number of nitrogens with zero attached hydrogens (tertiary/aromatic N) is 2. The van der Waals surface area contributed by atoms with Crippen molar-refractivity contribution in [3.05, 3.63) is 46.0 Å². The zero-order valence-corrected chi connectivity index (χ0v) is 12.4. The summed E-state index contributed by atoms with van der Waals surface area (Å²) in [4.78, 5) is 16.1. The first-order valence-electron chi connectivity index (χ1n) is 6.07. The standard InChI is InChI=1S/C13H15BrN4O/c1-3-11-16-12(18-17-11)13(19)15-8(2)9-4-6-10(14)7-5-9/h4-8H,3H2,1-2H3,(H,15,19)(H,16,17,18)/t8-/m1/s1. The first-order chi connectivity index (χ1) is 9.10. The minimum atomic E-state index is -0.272. The molecule has 0 aliphatic rings. The number of nitrogens with one attached hydrogen (secondary N) is 2. The Balaban J connectivity index is 2.04. The molecule has 6 heteroatoms. The maximum atomic E-state index is 12.0. The maximum absolute atomic E-state index is 12.0. The minimum Gasteiger partial charge on any atom is -0.343 e. The highest BCUT2D eigenvalue weighted by Gasteiger charge is 2.15. The van der Waals surface area contributed by atoms with Crippen molar-refractivity contribution in [2.24, 2.45) is 0 Å². The Morgan fingerprint density at radius 3 is 2.68 bits per heavy atom. The molecule has 0 saturated carbocycles. The molecule has 0 saturated heterocycles. The second-order valence-corrected chi connectivity index (χ2v) is 5.12. The molecule has 1 aromatic heterocycles. The molecule has 1 amide bonds. The number of aryl methyl sites for hydroxylation is 1. The Bertz CT molecular complexity index is 564. The molecule has 1 aromatic carbocycles. The number of rotatable bonds is 4. The summed E-state index contributed by atoms with van der Waals surface area (Å²) >= 11 is 3.38. The van der Waals surface area contributed by atoms with Gasteiger partial charge in [-0.25, -0.2) is 4.98 Å². The molecule has 0 unspecified atom stereocenters. The fourth-order valence-electron chi connectivity index (χ4n) is 1.65. The third-order valence-electron chi connectivity index (χ3n) is 2.79. The van der Waals surface area contributed by atoms with Gasteiger partial charge >= 0.3 is 0 Å². The predicted octanol–water partition coefficient (Wildman–Crippen LogP) is 2.62. The van der Waals surface area contributed by atoms with Crippen LogP contribution < -0.4 is 5.32 Å². The van der Waals surface area contributed by atoms with E-state index in [9.17, 15) is 4.79 Å². The number of H-pyrrole nitrogens is 1. The topological polar surface area (TPSA) is 70.7 Å². The van der Waals surface area contributed by atoms with Crippen molar-refractivity contribution >= 4 is 21.8 Å². The van der Waals surface area contributed by atoms with Crippen molar-refractivity contribution in [2.75, 3.05) is 0 Å². The molecule has 1 heterocycles. The summed E-state index contributed by atoms with van der Waals surface area (Å²) in [6.45, 7) is 3.88. The van der Waals surface area contributed by atoms with Crippen molar-refractivity contribution in [1.82, 2.24) is 20.5 Å². The van der Waals surface area contributed by atoms with E-state index in [0.29, 0.717) is 5.82 Å². The summed E-state index contributed by atoms with van der Waals surface area (Å²) in [6, 6.07) is 7.72. The van der Waals surface area contributed by atoms with Gasteiger partial charge in [0.05, 0.1) is 6.04 Å².